The third kappa shape index (κ3) is 5.25. The molecule has 0 heterocycles. The van der Waals surface area contributed by atoms with Crippen molar-refractivity contribution in [1.82, 2.24) is 4.72 Å². The van der Waals surface area contributed by atoms with Crippen molar-refractivity contribution in [3.8, 4) is 0 Å². The highest BCUT2D eigenvalue weighted by molar-refractivity contribution is 7.89. The summed E-state index contributed by atoms with van der Waals surface area (Å²) in [5.41, 5.74) is -0.114. The molecule has 0 fully saturated rings. The van der Waals surface area contributed by atoms with Crippen molar-refractivity contribution in [2.75, 3.05) is 0 Å². The van der Waals surface area contributed by atoms with Crippen molar-refractivity contribution >= 4 is 27.7 Å². The van der Waals surface area contributed by atoms with Crippen LogP contribution in [0.5, 0.6) is 0 Å². The molecule has 142 valence electrons. The van der Waals surface area contributed by atoms with Gasteiger partial charge in [-0.15, -0.1) is 0 Å². The van der Waals surface area contributed by atoms with Gasteiger partial charge in [0.15, 0.2) is 5.78 Å². The van der Waals surface area contributed by atoms with Gasteiger partial charge in [0.25, 0.3) is 0 Å². The van der Waals surface area contributed by atoms with Crippen LogP contribution in [-0.4, -0.2) is 31.1 Å². The summed E-state index contributed by atoms with van der Waals surface area (Å²) in [6, 6.07) is 6.03. The van der Waals surface area contributed by atoms with Crippen molar-refractivity contribution in [3.05, 3.63) is 35.6 Å². The van der Waals surface area contributed by atoms with Gasteiger partial charge in [0.2, 0.25) is 10.0 Å². The van der Waals surface area contributed by atoms with E-state index >= 15 is 0 Å². The average molecular weight is 378 g/mol. The third-order valence-corrected chi connectivity index (χ3v) is 5.60. The molecule has 1 aliphatic carbocycles. The van der Waals surface area contributed by atoms with Crippen LogP contribution in [0.25, 0.3) is 0 Å². The van der Waals surface area contributed by atoms with Gasteiger partial charge < -0.3 is 5.11 Å². The molecule has 26 heavy (non-hydrogen) atoms. The molecule has 0 saturated carbocycles. The molecule has 0 spiro atoms. The van der Waals surface area contributed by atoms with Gasteiger partial charge in [0.05, 0.1) is 16.2 Å². The summed E-state index contributed by atoms with van der Waals surface area (Å²) in [5.74, 6) is -0.0975. The van der Waals surface area contributed by atoms with Crippen LogP contribution in [-0.2, 0) is 14.8 Å². The number of nitrogens with zero attached hydrogens (tertiary/aromatic N) is 1. The number of aliphatic imine (C=N–C) groups is 1. The first-order valence-electron chi connectivity index (χ1n) is 8.43. The second-order valence-corrected chi connectivity index (χ2v) is 10.1. The summed E-state index contributed by atoms with van der Waals surface area (Å²) in [7, 11) is -3.61. The summed E-state index contributed by atoms with van der Waals surface area (Å²) < 4.78 is 27.1. The summed E-state index contributed by atoms with van der Waals surface area (Å²) in [5, 5.41) is 10.1. The number of hydrogen-bond donors (Lipinski definition) is 2. The van der Waals surface area contributed by atoms with Gasteiger partial charge in [-0.1, -0.05) is 13.8 Å². The zero-order valence-electron chi connectivity index (χ0n) is 15.8. The first-order chi connectivity index (χ1) is 11.8. The quantitative estimate of drug-likeness (QED) is 0.782. The molecule has 0 atom stereocenters. The molecule has 1 aliphatic rings. The Labute approximate surface area is 155 Å². The number of carbonyl (C=O) groups excluding carboxylic acids is 1. The predicted molar refractivity (Wildman–Crippen MR) is 102 cm³/mol. The minimum Gasteiger partial charge on any atom is -0.511 e. The van der Waals surface area contributed by atoms with Gasteiger partial charge in [-0.2, -0.15) is 0 Å². The number of carbonyl (C=O) groups is 1. The average Bonchev–Trinajstić information content (AvgIpc) is 2.43. The Bertz CT molecular complexity index is 858. The first-order valence-corrected chi connectivity index (χ1v) is 9.91. The number of sulfonamides is 1. The molecule has 1 aromatic rings. The zero-order valence-corrected chi connectivity index (χ0v) is 16.6. The van der Waals surface area contributed by atoms with Crippen LogP contribution in [0, 0.1) is 5.41 Å². The SMILES string of the molecule is CC1(C)CC(=O)C(C=Nc2ccc(S(=O)(=O)NC(C)(C)C)cc2)=C(O)C1. The van der Waals surface area contributed by atoms with E-state index in [2.05, 4.69) is 9.71 Å². The Kier molecular flexibility index (Phi) is 5.44. The Morgan fingerprint density at radius 3 is 2.23 bits per heavy atom. The van der Waals surface area contributed by atoms with E-state index in [1.54, 1.807) is 32.9 Å². The molecule has 0 aromatic heterocycles. The number of benzene rings is 1. The Balaban J connectivity index is 2.20. The van der Waals surface area contributed by atoms with Gasteiger partial charge in [-0.05, 0) is 50.5 Å². The van der Waals surface area contributed by atoms with Gasteiger partial charge in [0.1, 0.15) is 5.76 Å². The lowest BCUT2D eigenvalue weighted by atomic mass is 9.77. The molecule has 0 radical (unpaired) electrons. The number of nitrogens with one attached hydrogen (secondary N) is 1. The van der Waals surface area contributed by atoms with Crippen LogP contribution >= 0.6 is 0 Å². The highest BCUT2D eigenvalue weighted by Gasteiger charge is 2.32. The normalized spacial score (nSPS) is 18.6. The maximum Gasteiger partial charge on any atom is 0.241 e. The van der Waals surface area contributed by atoms with Crippen LogP contribution < -0.4 is 4.72 Å². The molecule has 0 bridgehead atoms. The molecule has 1 aromatic carbocycles. The Hall–Kier alpha value is -1.99. The number of aliphatic hydroxyl groups excluding tert-OH is 1. The smallest absolute Gasteiger partial charge is 0.241 e. The van der Waals surface area contributed by atoms with Crippen LogP contribution in [0.1, 0.15) is 47.5 Å². The van der Waals surface area contributed by atoms with E-state index in [1.165, 1.54) is 18.3 Å². The van der Waals surface area contributed by atoms with Crippen molar-refractivity contribution in [2.45, 2.75) is 57.9 Å². The van der Waals surface area contributed by atoms with E-state index in [1.807, 2.05) is 13.8 Å². The van der Waals surface area contributed by atoms with E-state index in [4.69, 9.17) is 0 Å². The lowest BCUT2D eigenvalue weighted by molar-refractivity contribution is -0.117. The van der Waals surface area contributed by atoms with Crippen LogP contribution in [0.2, 0.25) is 0 Å². The minimum absolute atomic E-state index is 0.0450. The van der Waals surface area contributed by atoms with Gasteiger partial charge in [-0.3, -0.25) is 9.79 Å². The fourth-order valence-corrected chi connectivity index (χ4v) is 4.18. The van der Waals surface area contributed by atoms with Crippen LogP contribution in [0.4, 0.5) is 5.69 Å². The van der Waals surface area contributed by atoms with E-state index < -0.39 is 15.6 Å². The molecule has 0 amide bonds. The number of aliphatic hydroxyl groups is 1. The van der Waals surface area contributed by atoms with E-state index in [-0.39, 0.29) is 27.4 Å². The maximum absolute atomic E-state index is 12.3. The van der Waals surface area contributed by atoms with E-state index in [9.17, 15) is 18.3 Å². The van der Waals surface area contributed by atoms with Gasteiger partial charge in [-0.25, -0.2) is 13.1 Å². The summed E-state index contributed by atoms with van der Waals surface area (Å²) in [6.45, 7) is 9.17. The number of hydrogen-bond acceptors (Lipinski definition) is 5. The molecule has 0 saturated heterocycles. The second kappa shape index (κ2) is 6.96. The summed E-state index contributed by atoms with van der Waals surface area (Å²) in [6.07, 6.45) is 2.13. The highest BCUT2D eigenvalue weighted by atomic mass is 32.2. The second-order valence-electron chi connectivity index (χ2n) is 8.41. The van der Waals surface area contributed by atoms with Crippen molar-refractivity contribution in [1.29, 1.82) is 0 Å². The monoisotopic (exact) mass is 378 g/mol. The van der Waals surface area contributed by atoms with E-state index in [0.717, 1.165) is 0 Å². The molecule has 0 unspecified atom stereocenters. The summed E-state index contributed by atoms with van der Waals surface area (Å²) >= 11 is 0. The number of ketones is 1. The zero-order chi connectivity index (χ0) is 19.8. The van der Waals surface area contributed by atoms with E-state index in [0.29, 0.717) is 18.5 Å². The van der Waals surface area contributed by atoms with Gasteiger partial charge >= 0.3 is 0 Å². The molecule has 2 N–H and O–H groups in total. The number of allylic oxidation sites excluding steroid dienone is 2. The minimum atomic E-state index is -3.61. The standard InChI is InChI=1S/C19H26N2O4S/c1-18(2,3)21-26(24,25)14-8-6-13(7-9-14)20-12-15-16(22)10-19(4,5)11-17(15)23/h6-9,12,21-22H,10-11H2,1-5H3. The Morgan fingerprint density at radius 1 is 1.15 bits per heavy atom. The van der Waals surface area contributed by atoms with Crippen molar-refractivity contribution < 1.29 is 18.3 Å². The van der Waals surface area contributed by atoms with Gasteiger partial charge in [0, 0.05) is 24.6 Å². The van der Waals surface area contributed by atoms with Crippen LogP contribution in [0.15, 0.2) is 45.5 Å². The number of rotatable bonds is 4. The lowest BCUT2D eigenvalue weighted by Gasteiger charge is -2.28. The molecule has 6 nitrogen and oxygen atoms in total. The van der Waals surface area contributed by atoms with Crippen molar-refractivity contribution in [2.24, 2.45) is 10.4 Å². The highest BCUT2D eigenvalue weighted by Crippen LogP contribution is 2.35. The van der Waals surface area contributed by atoms with Crippen LogP contribution in [0.3, 0.4) is 0 Å². The molecular weight excluding hydrogens is 352 g/mol. The topological polar surface area (TPSA) is 95.8 Å². The number of Topliss-reactive ketones (excluding diaryl/α,β-unsaturated/α-hetero) is 1. The largest absolute Gasteiger partial charge is 0.511 e. The van der Waals surface area contributed by atoms with Crippen molar-refractivity contribution in [3.63, 3.8) is 0 Å². The lowest BCUT2D eigenvalue weighted by Crippen LogP contribution is -2.40. The molecular formula is C19H26N2O4S. The molecule has 0 aliphatic heterocycles. The Morgan fingerprint density at radius 2 is 1.73 bits per heavy atom. The summed E-state index contributed by atoms with van der Waals surface area (Å²) in [4.78, 5) is 16.5. The molecule has 2 rings (SSSR count). The third-order valence-electron chi connectivity index (χ3n) is 3.83. The fourth-order valence-electron chi connectivity index (χ4n) is 2.76. The first kappa shape index (κ1) is 20.3. The predicted octanol–water partition coefficient (Wildman–Crippen LogP) is 3.67. The molecule has 7 heteroatoms. The maximum atomic E-state index is 12.3. The fraction of sp³-hybridized carbons (Fsp3) is 0.474.